The largest absolute Gasteiger partial charge is 0.297 e. The Kier molecular flexibility index (Phi) is 4.62. The molecule has 0 radical (unpaired) electrons. The van der Waals surface area contributed by atoms with Crippen LogP contribution >= 0.6 is 23.3 Å². The van der Waals surface area contributed by atoms with Crippen LogP contribution < -0.4 is 0 Å². The molecule has 18 heavy (non-hydrogen) atoms. The molecule has 0 spiro atoms. The maximum absolute atomic E-state index is 4.27. The smallest absolute Gasteiger partial charge is 0.187 e. The molecule has 0 fully saturated rings. The lowest BCUT2D eigenvalue weighted by atomic mass is 10.3. The van der Waals surface area contributed by atoms with Crippen LogP contribution in [0, 0.1) is 6.92 Å². The molecule has 0 aliphatic carbocycles. The summed E-state index contributed by atoms with van der Waals surface area (Å²) in [5, 5.41) is 4.82. The summed E-state index contributed by atoms with van der Waals surface area (Å²) in [6.07, 6.45) is 5.74. The Hall–Kier alpha value is -1.05. The fourth-order valence-electron chi connectivity index (χ4n) is 1.54. The Balaban J connectivity index is 1.94. The molecular formula is C11H15N5S2. The second-order valence-corrected chi connectivity index (χ2v) is 5.64. The van der Waals surface area contributed by atoms with Crippen molar-refractivity contribution < 1.29 is 0 Å². The van der Waals surface area contributed by atoms with Crippen LogP contribution in [0.5, 0.6) is 0 Å². The first-order chi connectivity index (χ1) is 8.69. The molecule has 5 nitrogen and oxygen atoms in total. The fraction of sp³-hybridized carbons (Fsp3) is 0.455. The molecule has 0 saturated heterocycles. The molecule has 7 heteroatoms. The molecule has 2 heterocycles. The average molecular weight is 281 g/mol. The Morgan fingerprint density at radius 3 is 2.56 bits per heavy atom. The lowest BCUT2D eigenvalue weighted by Crippen LogP contribution is -2.17. The van der Waals surface area contributed by atoms with Gasteiger partial charge in [-0.05, 0) is 31.8 Å². The molecule has 0 amide bonds. The molecule has 96 valence electrons. The predicted molar refractivity (Wildman–Crippen MR) is 73.6 cm³/mol. The third-order valence-corrected chi connectivity index (χ3v) is 3.86. The zero-order valence-corrected chi connectivity index (χ0v) is 12.3. The Morgan fingerprint density at radius 2 is 2.00 bits per heavy atom. The van der Waals surface area contributed by atoms with Gasteiger partial charge in [0, 0.05) is 31.0 Å². The highest BCUT2D eigenvalue weighted by molar-refractivity contribution is 7.98. The van der Waals surface area contributed by atoms with Gasteiger partial charge < -0.3 is 0 Å². The molecule has 0 aliphatic heterocycles. The number of nitrogens with zero attached hydrogens (tertiary/aromatic N) is 5. The van der Waals surface area contributed by atoms with Crippen LogP contribution in [0.2, 0.25) is 0 Å². The van der Waals surface area contributed by atoms with E-state index in [2.05, 4.69) is 31.5 Å². The van der Waals surface area contributed by atoms with Crippen LogP contribution in [-0.2, 0) is 13.1 Å². The first kappa shape index (κ1) is 13.4. The first-order valence-corrected chi connectivity index (χ1v) is 7.50. The second kappa shape index (κ2) is 6.21. The minimum absolute atomic E-state index is 0.809. The number of hydrogen-bond donors (Lipinski definition) is 0. The molecule has 2 aromatic heterocycles. The molecule has 0 bridgehead atoms. The van der Waals surface area contributed by atoms with Crippen LogP contribution in [0.25, 0.3) is 0 Å². The minimum atomic E-state index is 0.809. The van der Waals surface area contributed by atoms with E-state index in [0.29, 0.717) is 0 Å². The van der Waals surface area contributed by atoms with E-state index in [1.165, 1.54) is 16.4 Å². The standard InChI is InChI=1S/C11H15N5S2/c1-8-10(18-15-14-8)7-16(2)6-9-4-12-11(17-3)13-5-9/h4-5H,6-7H2,1-3H3. The summed E-state index contributed by atoms with van der Waals surface area (Å²) in [5.41, 5.74) is 2.13. The topological polar surface area (TPSA) is 54.8 Å². The minimum Gasteiger partial charge on any atom is -0.297 e. The third-order valence-electron chi connectivity index (χ3n) is 2.48. The number of aryl methyl sites for hydroxylation is 1. The van der Waals surface area contributed by atoms with Crippen LogP contribution in [0.4, 0.5) is 0 Å². The van der Waals surface area contributed by atoms with Gasteiger partial charge >= 0.3 is 0 Å². The number of thioether (sulfide) groups is 1. The molecule has 0 atom stereocenters. The van der Waals surface area contributed by atoms with Gasteiger partial charge in [-0.25, -0.2) is 9.97 Å². The van der Waals surface area contributed by atoms with Crippen molar-refractivity contribution in [1.29, 1.82) is 0 Å². The monoisotopic (exact) mass is 281 g/mol. The van der Waals surface area contributed by atoms with Crippen molar-refractivity contribution in [3.8, 4) is 0 Å². The van der Waals surface area contributed by atoms with Gasteiger partial charge in [0.25, 0.3) is 0 Å². The van der Waals surface area contributed by atoms with Crippen LogP contribution in [0.1, 0.15) is 16.1 Å². The van der Waals surface area contributed by atoms with Crippen molar-refractivity contribution in [3.63, 3.8) is 0 Å². The van der Waals surface area contributed by atoms with E-state index in [-0.39, 0.29) is 0 Å². The number of aromatic nitrogens is 4. The predicted octanol–water partition coefficient (Wildman–Crippen LogP) is 1.99. The van der Waals surface area contributed by atoms with Crippen molar-refractivity contribution in [1.82, 2.24) is 24.5 Å². The molecule has 0 aliphatic rings. The van der Waals surface area contributed by atoms with Gasteiger partial charge in [-0.15, -0.1) is 5.10 Å². The van der Waals surface area contributed by atoms with Crippen molar-refractivity contribution in [2.75, 3.05) is 13.3 Å². The van der Waals surface area contributed by atoms with Gasteiger partial charge in [0.05, 0.1) is 10.6 Å². The highest BCUT2D eigenvalue weighted by atomic mass is 32.2. The molecule has 2 rings (SSSR count). The summed E-state index contributed by atoms with van der Waals surface area (Å²) < 4.78 is 3.94. The quantitative estimate of drug-likeness (QED) is 0.617. The van der Waals surface area contributed by atoms with E-state index in [4.69, 9.17) is 0 Å². The van der Waals surface area contributed by atoms with Crippen molar-refractivity contribution in [3.05, 3.63) is 28.5 Å². The second-order valence-electron chi connectivity index (χ2n) is 4.03. The third kappa shape index (κ3) is 3.47. The maximum atomic E-state index is 4.27. The van der Waals surface area contributed by atoms with E-state index in [9.17, 15) is 0 Å². The van der Waals surface area contributed by atoms with Gasteiger partial charge in [0.15, 0.2) is 5.16 Å². The van der Waals surface area contributed by atoms with E-state index in [1.54, 1.807) is 11.8 Å². The van der Waals surface area contributed by atoms with Crippen LogP contribution in [0.15, 0.2) is 17.6 Å². The SMILES string of the molecule is CSc1ncc(CN(C)Cc2snnc2C)cn1. The molecular weight excluding hydrogens is 266 g/mol. The van der Waals surface area contributed by atoms with Crippen molar-refractivity contribution in [2.24, 2.45) is 0 Å². The van der Waals surface area contributed by atoms with Crippen LogP contribution in [0.3, 0.4) is 0 Å². The maximum Gasteiger partial charge on any atom is 0.187 e. The summed E-state index contributed by atoms with van der Waals surface area (Å²) in [6.45, 7) is 3.67. The van der Waals surface area contributed by atoms with Gasteiger partial charge in [-0.1, -0.05) is 16.3 Å². The summed E-state index contributed by atoms with van der Waals surface area (Å²) in [6, 6.07) is 0. The zero-order chi connectivity index (χ0) is 13.0. The lowest BCUT2D eigenvalue weighted by Gasteiger charge is -2.15. The van der Waals surface area contributed by atoms with Gasteiger partial charge in [-0.2, -0.15) is 0 Å². The summed E-state index contributed by atoms with van der Waals surface area (Å²) in [4.78, 5) is 12.0. The first-order valence-electron chi connectivity index (χ1n) is 5.50. The van der Waals surface area contributed by atoms with E-state index in [1.807, 2.05) is 25.6 Å². The molecule has 0 N–H and O–H groups in total. The normalized spacial score (nSPS) is 11.1. The van der Waals surface area contributed by atoms with E-state index < -0.39 is 0 Å². The summed E-state index contributed by atoms with van der Waals surface area (Å²) >= 11 is 3.01. The number of rotatable bonds is 5. The van der Waals surface area contributed by atoms with Gasteiger partial charge in [0.2, 0.25) is 0 Å². The molecule has 0 aromatic carbocycles. The Bertz CT molecular complexity index is 496. The lowest BCUT2D eigenvalue weighted by molar-refractivity contribution is 0.320. The Morgan fingerprint density at radius 1 is 1.28 bits per heavy atom. The summed E-state index contributed by atoms with van der Waals surface area (Å²) in [7, 11) is 2.07. The van der Waals surface area contributed by atoms with E-state index in [0.717, 1.165) is 29.5 Å². The number of hydrogen-bond acceptors (Lipinski definition) is 7. The zero-order valence-electron chi connectivity index (χ0n) is 10.6. The van der Waals surface area contributed by atoms with E-state index >= 15 is 0 Å². The highest BCUT2D eigenvalue weighted by Crippen LogP contribution is 2.13. The van der Waals surface area contributed by atoms with Gasteiger partial charge in [0.1, 0.15) is 0 Å². The fourth-order valence-corrected chi connectivity index (χ4v) is 2.57. The van der Waals surface area contributed by atoms with Crippen molar-refractivity contribution >= 4 is 23.3 Å². The highest BCUT2D eigenvalue weighted by Gasteiger charge is 2.08. The molecule has 2 aromatic rings. The molecule has 0 unspecified atom stereocenters. The summed E-state index contributed by atoms with van der Waals surface area (Å²) in [5.74, 6) is 0. The average Bonchev–Trinajstić information content (AvgIpc) is 2.76. The van der Waals surface area contributed by atoms with Crippen LogP contribution in [-0.4, -0.2) is 37.8 Å². The Labute approximate surface area is 115 Å². The van der Waals surface area contributed by atoms with Gasteiger partial charge in [-0.3, -0.25) is 4.90 Å². The van der Waals surface area contributed by atoms with Crippen molar-refractivity contribution in [2.45, 2.75) is 25.2 Å². The molecule has 0 saturated carbocycles.